The smallest absolute Gasteiger partial charge is 0.237 e. The molecule has 0 saturated carbocycles. The van der Waals surface area contributed by atoms with Crippen LogP contribution in [0.5, 0.6) is 0 Å². The van der Waals surface area contributed by atoms with Crippen molar-refractivity contribution in [1.29, 1.82) is 0 Å². The number of benzene rings is 2. The summed E-state index contributed by atoms with van der Waals surface area (Å²) in [5.41, 5.74) is 2.79. The van der Waals surface area contributed by atoms with Gasteiger partial charge in [0.2, 0.25) is 11.8 Å². The monoisotopic (exact) mass is 407 g/mol. The van der Waals surface area contributed by atoms with Crippen LogP contribution in [0.2, 0.25) is 0 Å². The second-order valence-electron chi connectivity index (χ2n) is 6.77. The fraction of sp³-hybridized carbons (Fsp3) is 0.238. The molecule has 1 aromatic heterocycles. The summed E-state index contributed by atoms with van der Waals surface area (Å²) < 4.78 is 1.68. The molecule has 1 N–H and O–H groups in total. The van der Waals surface area contributed by atoms with Crippen molar-refractivity contribution >= 4 is 29.3 Å². The van der Waals surface area contributed by atoms with Crippen molar-refractivity contribution in [3.8, 4) is 5.69 Å². The van der Waals surface area contributed by atoms with E-state index in [1.165, 1.54) is 6.33 Å². The minimum Gasteiger partial charge on any atom is -0.350 e. The Labute approximate surface area is 173 Å². The summed E-state index contributed by atoms with van der Waals surface area (Å²) in [6, 6.07) is 15.5. The number of carbonyl (C=O) groups is 2. The number of hydrogen-bond donors (Lipinski definition) is 1. The molecule has 0 bridgehead atoms. The first-order chi connectivity index (χ1) is 14.1. The average Bonchev–Trinajstić information content (AvgIpc) is 3.28. The fourth-order valence-corrected chi connectivity index (χ4v) is 4.20. The molecule has 0 aliphatic carbocycles. The topological polar surface area (TPSA) is 80.1 Å². The van der Waals surface area contributed by atoms with Crippen LogP contribution in [0.4, 0.5) is 5.69 Å². The summed E-state index contributed by atoms with van der Waals surface area (Å²) in [5.74, 6) is 0.368. The number of thioether (sulfide) groups is 1. The van der Waals surface area contributed by atoms with Crippen molar-refractivity contribution < 1.29 is 9.59 Å². The lowest BCUT2D eigenvalue weighted by Crippen LogP contribution is -2.38. The highest BCUT2D eigenvalue weighted by Crippen LogP contribution is 2.34. The molecular formula is C21H21N5O2S. The Hall–Kier alpha value is -3.13. The van der Waals surface area contributed by atoms with Gasteiger partial charge in [-0.05, 0) is 36.8 Å². The van der Waals surface area contributed by atoms with E-state index in [0.717, 1.165) is 21.8 Å². The molecule has 0 fully saturated rings. The molecule has 3 aromatic rings. The SMILES string of the molecule is C[C@@H](NC(=O)CCN1C(=O)CSc2ccccc21)c1ccc(-n2cncn2)cc1. The van der Waals surface area contributed by atoms with E-state index in [4.69, 9.17) is 0 Å². The number of amides is 2. The van der Waals surface area contributed by atoms with Gasteiger partial charge >= 0.3 is 0 Å². The molecule has 0 saturated heterocycles. The molecule has 1 aliphatic heterocycles. The molecule has 8 heteroatoms. The summed E-state index contributed by atoms with van der Waals surface area (Å²) in [5, 5.41) is 7.11. The average molecular weight is 407 g/mol. The zero-order chi connectivity index (χ0) is 20.2. The van der Waals surface area contributed by atoms with Crippen LogP contribution in [0, 0.1) is 0 Å². The van der Waals surface area contributed by atoms with Crippen molar-refractivity contribution in [2.75, 3.05) is 17.2 Å². The maximum atomic E-state index is 12.5. The predicted molar refractivity (Wildman–Crippen MR) is 112 cm³/mol. The van der Waals surface area contributed by atoms with Crippen LogP contribution < -0.4 is 10.2 Å². The van der Waals surface area contributed by atoms with Gasteiger partial charge in [-0.1, -0.05) is 24.3 Å². The number of hydrogen-bond acceptors (Lipinski definition) is 5. The lowest BCUT2D eigenvalue weighted by molar-refractivity contribution is -0.121. The third kappa shape index (κ3) is 4.32. The van der Waals surface area contributed by atoms with E-state index >= 15 is 0 Å². The summed E-state index contributed by atoms with van der Waals surface area (Å²) in [4.78, 5) is 31.5. The molecule has 2 aromatic carbocycles. The fourth-order valence-electron chi connectivity index (χ4n) is 3.27. The van der Waals surface area contributed by atoms with Crippen LogP contribution in [0.3, 0.4) is 0 Å². The van der Waals surface area contributed by atoms with E-state index in [0.29, 0.717) is 12.3 Å². The van der Waals surface area contributed by atoms with Crippen molar-refractivity contribution in [3.05, 3.63) is 66.7 Å². The maximum absolute atomic E-state index is 12.5. The van der Waals surface area contributed by atoms with Gasteiger partial charge in [-0.25, -0.2) is 9.67 Å². The molecule has 1 atom stereocenters. The van der Waals surface area contributed by atoms with Crippen molar-refractivity contribution in [2.45, 2.75) is 24.3 Å². The maximum Gasteiger partial charge on any atom is 0.237 e. The zero-order valence-corrected chi connectivity index (χ0v) is 16.8. The summed E-state index contributed by atoms with van der Waals surface area (Å²) in [6.07, 6.45) is 3.38. The first-order valence-electron chi connectivity index (χ1n) is 9.38. The summed E-state index contributed by atoms with van der Waals surface area (Å²) in [7, 11) is 0. The Morgan fingerprint density at radius 1 is 1.21 bits per heavy atom. The molecule has 2 heterocycles. The van der Waals surface area contributed by atoms with Gasteiger partial charge in [-0.2, -0.15) is 5.10 Å². The molecule has 2 amide bonds. The van der Waals surface area contributed by atoms with Crippen LogP contribution in [0.15, 0.2) is 66.1 Å². The molecule has 29 heavy (non-hydrogen) atoms. The second-order valence-corrected chi connectivity index (χ2v) is 7.79. The highest BCUT2D eigenvalue weighted by molar-refractivity contribution is 8.00. The van der Waals surface area contributed by atoms with Gasteiger partial charge in [0.05, 0.1) is 23.2 Å². The second kappa shape index (κ2) is 8.48. The number of nitrogens with zero attached hydrogens (tertiary/aromatic N) is 4. The highest BCUT2D eigenvalue weighted by atomic mass is 32.2. The number of aromatic nitrogens is 3. The molecule has 0 unspecified atom stereocenters. The number of anilines is 1. The van der Waals surface area contributed by atoms with Crippen LogP contribution in [-0.2, 0) is 9.59 Å². The number of rotatable bonds is 6. The largest absolute Gasteiger partial charge is 0.350 e. The van der Waals surface area contributed by atoms with Gasteiger partial charge in [-0.3, -0.25) is 9.59 Å². The standard InChI is InChI=1S/C21H21N5O2S/c1-15(16-6-8-17(9-7-16)26-14-22-13-23-26)24-20(27)10-11-25-18-4-2-3-5-19(18)29-12-21(25)28/h2-9,13-15H,10-12H2,1H3,(H,24,27)/t15-/m1/s1. The Kier molecular flexibility index (Phi) is 5.62. The van der Waals surface area contributed by atoms with Gasteiger partial charge in [0.1, 0.15) is 12.7 Å². The van der Waals surface area contributed by atoms with Gasteiger partial charge in [0.15, 0.2) is 0 Å². The van der Waals surface area contributed by atoms with Crippen LogP contribution in [0.1, 0.15) is 24.9 Å². The lowest BCUT2D eigenvalue weighted by atomic mass is 10.1. The summed E-state index contributed by atoms with van der Waals surface area (Å²) >= 11 is 1.54. The van der Waals surface area contributed by atoms with Crippen LogP contribution in [-0.4, -0.2) is 38.9 Å². The van der Waals surface area contributed by atoms with E-state index < -0.39 is 0 Å². The first-order valence-corrected chi connectivity index (χ1v) is 10.4. The van der Waals surface area contributed by atoms with Crippen molar-refractivity contribution in [3.63, 3.8) is 0 Å². The zero-order valence-electron chi connectivity index (χ0n) is 16.0. The van der Waals surface area contributed by atoms with Crippen LogP contribution >= 0.6 is 11.8 Å². The first kappa shape index (κ1) is 19.2. The van der Waals surface area contributed by atoms with E-state index in [1.807, 2.05) is 55.5 Å². The Morgan fingerprint density at radius 3 is 2.76 bits per heavy atom. The van der Waals surface area contributed by atoms with Gasteiger partial charge in [0, 0.05) is 17.9 Å². The molecule has 7 nitrogen and oxygen atoms in total. The number of carbonyl (C=O) groups excluding carboxylic acids is 2. The Bertz CT molecular complexity index is 1000. The number of nitrogens with one attached hydrogen (secondary N) is 1. The number of fused-ring (bicyclic) bond motifs is 1. The van der Waals surface area contributed by atoms with Crippen molar-refractivity contribution in [1.82, 2.24) is 20.1 Å². The van der Waals surface area contributed by atoms with Gasteiger partial charge in [-0.15, -0.1) is 11.8 Å². The third-order valence-electron chi connectivity index (χ3n) is 4.82. The number of para-hydroxylation sites is 1. The Morgan fingerprint density at radius 2 is 2.00 bits per heavy atom. The molecule has 4 rings (SSSR count). The molecule has 0 radical (unpaired) electrons. The molecular weight excluding hydrogens is 386 g/mol. The molecule has 1 aliphatic rings. The van der Waals surface area contributed by atoms with Gasteiger partial charge < -0.3 is 10.2 Å². The summed E-state index contributed by atoms with van der Waals surface area (Å²) in [6.45, 7) is 2.32. The van der Waals surface area contributed by atoms with Crippen molar-refractivity contribution in [2.24, 2.45) is 0 Å². The van der Waals surface area contributed by atoms with Crippen LogP contribution in [0.25, 0.3) is 5.69 Å². The normalized spacial score (nSPS) is 14.4. The molecule has 0 spiro atoms. The van der Waals surface area contributed by atoms with Gasteiger partial charge in [0.25, 0.3) is 0 Å². The van der Waals surface area contributed by atoms with E-state index in [1.54, 1.807) is 27.7 Å². The predicted octanol–water partition coefficient (Wildman–Crippen LogP) is 2.97. The van der Waals surface area contributed by atoms with E-state index in [2.05, 4.69) is 15.4 Å². The Balaban J connectivity index is 1.34. The van der Waals surface area contributed by atoms with E-state index in [-0.39, 0.29) is 24.3 Å². The minimum atomic E-state index is -0.132. The van der Waals surface area contributed by atoms with E-state index in [9.17, 15) is 9.59 Å². The lowest BCUT2D eigenvalue weighted by Gasteiger charge is -2.28. The third-order valence-corrected chi connectivity index (χ3v) is 5.87. The highest BCUT2D eigenvalue weighted by Gasteiger charge is 2.24. The molecule has 148 valence electrons. The minimum absolute atomic E-state index is 0.0400. The quantitative estimate of drug-likeness (QED) is 0.680.